The number of rotatable bonds is 4. The highest BCUT2D eigenvalue weighted by Gasteiger charge is 2.40. The highest BCUT2D eigenvalue weighted by Crippen LogP contribution is 2.39. The molecule has 3 fully saturated rings. The van der Waals surface area contributed by atoms with Gasteiger partial charge in [-0.25, -0.2) is 4.79 Å². The summed E-state index contributed by atoms with van der Waals surface area (Å²) in [6.45, 7) is 3.74. The number of piperazine rings is 1. The smallest absolute Gasteiger partial charge is 0.321 e. The Morgan fingerprint density at radius 2 is 1.59 bits per heavy atom. The molecule has 2 aliphatic heterocycles. The van der Waals surface area contributed by atoms with Crippen LogP contribution < -0.4 is 5.32 Å². The van der Waals surface area contributed by atoms with Gasteiger partial charge in [0.25, 0.3) is 0 Å². The van der Waals surface area contributed by atoms with Crippen LogP contribution in [0, 0.1) is 5.92 Å². The van der Waals surface area contributed by atoms with Crippen molar-refractivity contribution in [2.24, 2.45) is 5.92 Å². The lowest BCUT2D eigenvalue weighted by atomic mass is 9.77. The molecule has 198 valence electrons. The second kappa shape index (κ2) is 11.2. The van der Waals surface area contributed by atoms with Crippen LogP contribution in [-0.2, 0) is 10.4 Å². The summed E-state index contributed by atoms with van der Waals surface area (Å²) in [5.74, 6) is 0.189. The van der Waals surface area contributed by atoms with Gasteiger partial charge in [-0.05, 0) is 74.5 Å². The number of amides is 3. The van der Waals surface area contributed by atoms with Crippen molar-refractivity contribution in [3.05, 3.63) is 58.3 Å². The molecule has 8 nitrogen and oxygen atoms in total. The Labute approximate surface area is 227 Å². The maximum atomic E-state index is 13.3. The lowest BCUT2D eigenvalue weighted by Crippen LogP contribution is -2.53. The van der Waals surface area contributed by atoms with Crippen LogP contribution in [0.3, 0.4) is 0 Å². The minimum Gasteiger partial charge on any atom is -0.385 e. The zero-order chi connectivity index (χ0) is 26.0. The van der Waals surface area contributed by atoms with Gasteiger partial charge in [-0.15, -0.1) is 0 Å². The summed E-state index contributed by atoms with van der Waals surface area (Å²) in [6.07, 6.45) is 7.63. The Morgan fingerprint density at radius 3 is 2.27 bits per heavy atom. The van der Waals surface area contributed by atoms with Crippen LogP contribution in [-0.4, -0.2) is 82.0 Å². The number of carbonyl (C=O) groups excluding carboxylic acids is 2. The van der Waals surface area contributed by atoms with E-state index in [0.717, 1.165) is 50.8 Å². The van der Waals surface area contributed by atoms with Crippen molar-refractivity contribution in [3.63, 3.8) is 0 Å². The summed E-state index contributed by atoms with van der Waals surface area (Å²) in [4.78, 5) is 36.0. The highest BCUT2D eigenvalue weighted by atomic mass is 35.5. The van der Waals surface area contributed by atoms with Crippen molar-refractivity contribution in [2.75, 3.05) is 44.6 Å². The number of hydrogen-bond donors (Lipinski definition) is 2. The first kappa shape index (κ1) is 26.2. The van der Waals surface area contributed by atoms with Crippen molar-refractivity contribution >= 4 is 40.8 Å². The number of anilines is 1. The summed E-state index contributed by atoms with van der Waals surface area (Å²) in [7, 11) is 0. The number of likely N-dealkylation sites (tertiary alicyclic amines) is 1. The van der Waals surface area contributed by atoms with Crippen LogP contribution in [0.15, 0.2) is 42.7 Å². The Bertz CT molecular complexity index is 1120. The van der Waals surface area contributed by atoms with Crippen LogP contribution in [0.1, 0.15) is 37.7 Å². The molecule has 37 heavy (non-hydrogen) atoms. The first-order valence-electron chi connectivity index (χ1n) is 13.0. The van der Waals surface area contributed by atoms with E-state index >= 15 is 0 Å². The molecule has 3 heterocycles. The van der Waals surface area contributed by atoms with Crippen LogP contribution in [0.2, 0.25) is 10.0 Å². The molecule has 2 N–H and O–H groups in total. The van der Waals surface area contributed by atoms with Crippen LogP contribution in [0.25, 0.3) is 0 Å². The van der Waals surface area contributed by atoms with Gasteiger partial charge in [0.1, 0.15) is 0 Å². The van der Waals surface area contributed by atoms with Crippen LogP contribution in [0.4, 0.5) is 10.5 Å². The molecule has 0 radical (unpaired) electrons. The largest absolute Gasteiger partial charge is 0.385 e. The number of urea groups is 1. The van der Waals surface area contributed by atoms with E-state index in [-0.39, 0.29) is 17.9 Å². The molecule has 3 amide bonds. The molecular formula is C27H33Cl2N5O3. The molecule has 3 aliphatic rings. The van der Waals surface area contributed by atoms with Gasteiger partial charge >= 0.3 is 6.03 Å². The minimum atomic E-state index is -0.778. The van der Waals surface area contributed by atoms with Crippen LogP contribution >= 0.6 is 23.2 Å². The number of aromatic nitrogens is 1. The molecule has 0 bridgehead atoms. The average molecular weight is 546 g/mol. The third-order valence-corrected chi connectivity index (χ3v) is 8.87. The lowest BCUT2D eigenvalue weighted by molar-refractivity contribution is -0.136. The van der Waals surface area contributed by atoms with E-state index in [4.69, 9.17) is 23.2 Å². The third kappa shape index (κ3) is 5.87. The Balaban J connectivity index is 1.07. The fourth-order valence-corrected chi connectivity index (χ4v) is 6.18. The second-order valence-electron chi connectivity index (χ2n) is 10.4. The van der Waals surface area contributed by atoms with Crippen LogP contribution in [0.5, 0.6) is 0 Å². The zero-order valence-electron chi connectivity index (χ0n) is 20.8. The normalized spacial score (nSPS) is 26.8. The molecule has 5 rings (SSSR count). The molecule has 1 unspecified atom stereocenters. The molecule has 0 spiro atoms. The highest BCUT2D eigenvalue weighted by molar-refractivity contribution is 6.42. The summed E-state index contributed by atoms with van der Waals surface area (Å²) in [5.41, 5.74) is 0.756. The van der Waals surface area contributed by atoms with Crippen molar-refractivity contribution < 1.29 is 14.7 Å². The van der Waals surface area contributed by atoms with Gasteiger partial charge in [0, 0.05) is 56.8 Å². The van der Waals surface area contributed by atoms with Gasteiger partial charge < -0.3 is 20.2 Å². The van der Waals surface area contributed by atoms with E-state index in [0.29, 0.717) is 48.0 Å². The number of aliphatic hydroxyl groups is 1. The zero-order valence-corrected chi connectivity index (χ0v) is 22.3. The average Bonchev–Trinajstić information content (AvgIpc) is 3.42. The number of halogens is 2. The second-order valence-corrected chi connectivity index (χ2v) is 11.2. The van der Waals surface area contributed by atoms with E-state index in [1.807, 2.05) is 17.0 Å². The first-order chi connectivity index (χ1) is 17.8. The number of pyridine rings is 1. The summed E-state index contributed by atoms with van der Waals surface area (Å²) in [5, 5.41) is 14.8. The number of nitrogens with zero attached hydrogens (tertiary/aromatic N) is 4. The van der Waals surface area contributed by atoms with E-state index in [9.17, 15) is 14.7 Å². The monoisotopic (exact) mass is 545 g/mol. The molecule has 1 aromatic heterocycles. The molecule has 1 aliphatic carbocycles. The maximum Gasteiger partial charge on any atom is 0.321 e. The molecule has 1 aromatic carbocycles. The van der Waals surface area contributed by atoms with Gasteiger partial charge in [0.2, 0.25) is 5.91 Å². The molecule has 1 atom stereocenters. The van der Waals surface area contributed by atoms with Crippen molar-refractivity contribution in [1.82, 2.24) is 19.7 Å². The predicted molar refractivity (Wildman–Crippen MR) is 144 cm³/mol. The van der Waals surface area contributed by atoms with Gasteiger partial charge in [-0.1, -0.05) is 23.2 Å². The van der Waals surface area contributed by atoms with Gasteiger partial charge in [-0.3, -0.25) is 14.7 Å². The quantitative estimate of drug-likeness (QED) is 0.600. The fraction of sp³-hybridized carbons (Fsp3) is 0.519. The SMILES string of the molecule is O=C(Nc1ccc(Cl)c(Cl)c1)N1CCN(C(=O)C2CCN([C@H]3CC[C@@](O)(c4ccncc4)CC3)C2)CC1. The van der Waals surface area contributed by atoms with Crippen molar-refractivity contribution in [2.45, 2.75) is 43.7 Å². The molecular weight excluding hydrogens is 513 g/mol. The topological polar surface area (TPSA) is 89.0 Å². The van der Waals surface area contributed by atoms with Crippen molar-refractivity contribution in [3.8, 4) is 0 Å². The minimum absolute atomic E-state index is 0.00223. The van der Waals surface area contributed by atoms with E-state index in [2.05, 4.69) is 15.2 Å². The van der Waals surface area contributed by atoms with Gasteiger partial charge in [0.15, 0.2) is 0 Å². The predicted octanol–water partition coefficient (Wildman–Crippen LogP) is 4.22. The standard InChI is InChI=1S/C27H33Cl2N5O3/c28-23-2-1-21(17-24(23)29)31-26(36)33-15-13-32(14-16-33)25(35)19-7-12-34(18-19)22-3-8-27(37,9-4-22)20-5-10-30-11-6-20/h1-2,5-6,10-11,17,19,22,37H,3-4,7-9,12-16,18H2,(H,31,36)/t19?,22-,27-. The summed E-state index contributed by atoms with van der Waals surface area (Å²) < 4.78 is 0. The Hall–Kier alpha value is -2.39. The molecule has 10 heteroatoms. The summed E-state index contributed by atoms with van der Waals surface area (Å²) in [6, 6.07) is 8.99. The van der Waals surface area contributed by atoms with E-state index < -0.39 is 5.60 Å². The Kier molecular flexibility index (Phi) is 7.91. The van der Waals surface area contributed by atoms with Crippen molar-refractivity contribution in [1.29, 1.82) is 0 Å². The third-order valence-electron chi connectivity index (χ3n) is 8.13. The molecule has 2 aromatic rings. The molecule has 1 saturated carbocycles. The Morgan fingerprint density at radius 1 is 0.919 bits per heavy atom. The van der Waals surface area contributed by atoms with Gasteiger partial charge in [-0.2, -0.15) is 0 Å². The maximum absolute atomic E-state index is 13.3. The number of carbonyl (C=O) groups is 2. The number of hydrogen-bond acceptors (Lipinski definition) is 5. The van der Waals surface area contributed by atoms with E-state index in [1.165, 1.54) is 0 Å². The first-order valence-corrected chi connectivity index (χ1v) is 13.7. The molecule has 2 saturated heterocycles. The summed E-state index contributed by atoms with van der Waals surface area (Å²) >= 11 is 12.0. The van der Waals surface area contributed by atoms with E-state index in [1.54, 1.807) is 35.5 Å². The lowest BCUT2D eigenvalue weighted by Gasteiger charge is -2.40. The number of benzene rings is 1. The number of nitrogens with one attached hydrogen (secondary N) is 1. The fourth-order valence-electron chi connectivity index (χ4n) is 5.88. The van der Waals surface area contributed by atoms with Gasteiger partial charge in [0.05, 0.1) is 21.6 Å².